The van der Waals surface area contributed by atoms with Crippen molar-refractivity contribution in [3.8, 4) is 0 Å². The van der Waals surface area contributed by atoms with Gasteiger partial charge in [-0.3, -0.25) is 9.59 Å². The van der Waals surface area contributed by atoms with Gasteiger partial charge in [0.25, 0.3) is 5.56 Å². The largest absolute Gasteiger partial charge is 0.360 e. The van der Waals surface area contributed by atoms with Gasteiger partial charge in [-0.25, -0.2) is 4.98 Å². The summed E-state index contributed by atoms with van der Waals surface area (Å²) < 4.78 is 7.19. The van der Waals surface area contributed by atoms with Crippen LogP contribution in [-0.4, -0.2) is 20.6 Å². The summed E-state index contributed by atoms with van der Waals surface area (Å²) in [5.74, 6) is 1.16. The van der Waals surface area contributed by atoms with Crippen molar-refractivity contribution in [2.24, 2.45) is 5.92 Å². The number of carbonyl (C=O) groups excluding carboxylic acids is 1. The first-order valence-electron chi connectivity index (χ1n) is 10.8. The Morgan fingerprint density at radius 1 is 1.22 bits per heavy atom. The van der Waals surface area contributed by atoms with E-state index in [0.717, 1.165) is 36.6 Å². The molecule has 0 saturated heterocycles. The lowest BCUT2D eigenvalue weighted by Crippen LogP contribution is -2.30. The first-order valence-corrected chi connectivity index (χ1v) is 11.2. The van der Waals surface area contributed by atoms with Gasteiger partial charge < -0.3 is 14.4 Å². The second-order valence-electron chi connectivity index (χ2n) is 8.43. The summed E-state index contributed by atoms with van der Waals surface area (Å²) in [5, 5.41) is 8.72. The number of nitrogens with one attached hydrogen (secondary N) is 1. The van der Waals surface area contributed by atoms with E-state index in [-0.39, 0.29) is 23.4 Å². The average molecular weight is 451 g/mol. The Bertz CT molecular complexity index is 1360. The molecule has 5 rings (SSSR count). The standard InChI is InChI=1S/C24H23ClN4O3/c1-14-21-23(28-32-14)22-17(25)8-5-9-18(22)29(24(21)31)16-7-4-6-15(12-16)13-20(30)27-19-10-2-3-11-26-19/h2-3,5,8-11,15-16H,4,6-7,12-13H2,1H3,(H,26,27,30). The van der Waals surface area contributed by atoms with E-state index in [2.05, 4.69) is 15.5 Å². The Morgan fingerprint density at radius 2 is 2.09 bits per heavy atom. The minimum atomic E-state index is -0.114. The number of anilines is 1. The molecule has 3 aromatic heterocycles. The molecule has 0 bridgehead atoms. The van der Waals surface area contributed by atoms with Crippen LogP contribution in [0.1, 0.15) is 43.9 Å². The minimum Gasteiger partial charge on any atom is -0.360 e. The van der Waals surface area contributed by atoms with Gasteiger partial charge in [-0.1, -0.05) is 35.3 Å². The molecule has 7 nitrogen and oxygen atoms in total. The number of carbonyl (C=O) groups is 1. The number of amides is 1. The van der Waals surface area contributed by atoms with Crippen LogP contribution in [0.25, 0.3) is 21.8 Å². The summed E-state index contributed by atoms with van der Waals surface area (Å²) in [7, 11) is 0. The maximum Gasteiger partial charge on any atom is 0.264 e. The summed E-state index contributed by atoms with van der Waals surface area (Å²) >= 11 is 6.53. The van der Waals surface area contributed by atoms with Crippen molar-refractivity contribution in [1.82, 2.24) is 14.7 Å². The van der Waals surface area contributed by atoms with Gasteiger partial charge in [0.05, 0.1) is 10.5 Å². The maximum absolute atomic E-state index is 13.5. The Morgan fingerprint density at radius 3 is 2.91 bits per heavy atom. The number of fused-ring (bicyclic) bond motifs is 3. The number of nitrogens with zero attached hydrogens (tertiary/aromatic N) is 3. The molecule has 2 unspecified atom stereocenters. The number of aryl methyl sites for hydroxylation is 1. The predicted molar refractivity (Wildman–Crippen MR) is 124 cm³/mol. The van der Waals surface area contributed by atoms with Crippen LogP contribution in [0.5, 0.6) is 0 Å². The fourth-order valence-electron chi connectivity index (χ4n) is 4.91. The molecule has 32 heavy (non-hydrogen) atoms. The van der Waals surface area contributed by atoms with E-state index in [1.807, 2.05) is 28.8 Å². The van der Waals surface area contributed by atoms with Crippen LogP contribution >= 0.6 is 11.6 Å². The molecule has 1 aliphatic carbocycles. The van der Waals surface area contributed by atoms with Crippen LogP contribution in [0.4, 0.5) is 5.82 Å². The molecule has 8 heteroatoms. The highest BCUT2D eigenvalue weighted by atomic mass is 35.5. The lowest BCUT2D eigenvalue weighted by Gasteiger charge is -2.31. The zero-order valence-electron chi connectivity index (χ0n) is 17.7. The van der Waals surface area contributed by atoms with Crippen LogP contribution in [0.15, 0.2) is 51.9 Å². The Balaban J connectivity index is 1.48. The SMILES string of the molecule is Cc1onc2c1c(=O)n(C1CCCC(CC(=O)Nc3ccccn3)C1)c1cccc(Cl)c21. The molecule has 1 N–H and O–H groups in total. The molecule has 1 amide bonds. The molecule has 0 aliphatic heterocycles. The second kappa shape index (κ2) is 8.39. The molecule has 3 heterocycles. The lowest BCUT2D eigenvalue weighted by atomic mass is 9.83. The molecular formula is C24H23ClN4O3. The second-order valence-corrected chi connectivity index (χ2v) is 8.83. The van der Waals surface area contributed by atoms with Crippen molar-refractivity contribution in [3.05, 3.63) is 63.7 Å². The van der Waals surface area contributed by atoms with E-state index in [4.69, 9.17) is 16.1 Å². The van der Waals surface area contributed by atoms with Crippen LogP contribution in [0, 0.1) is 12.8 Å². The number of hydrogen-bond acceptors (Lipinski definition) is 5. The van der Waals surface area contributed by atoms with Crippen molar-refractivity contribution in [1.29, 1.82) is 0 Å². The third-order valence-electron chi connectivity index (χ3n) is 6.31. The fourth-order valence-corrected chi connectivity index (χ4v) is 5.17. The van der Waals surface area contributed by atoms with Crippen molar-refractivity contribution in [2.45, 2.75) is 45.1 Å². The fraction of sp³-hybridized carbons (Fsp3) is 0.333. The quantitative estimate of drug-likeness (QED) is 0.458. The Hall–Kier alpha value is -3.19. The number of rotatable bonds is 4. The third-order valence-corrected chi connectivity index (χ3v) is 6.63. The molecular weight excluding hydrogens is 428 g/mol. The smallest absolute Gasteiger partial charge is 0.264 e. The normalized spacial score (nSPS) is 18.8. The Labute approximate surface area is 189 Å². The van der Waals surface area contributed by atoms with E-state index < -0.39 is 0 Å². The number of halogens is 1. The highest BCUT2D eigenvalue weighted by Crippen LogP contribution is 2.38. The zero-order chi connectivity index (χ0) is 22.2. The highest BCUT2D eigenvalue weighted by molar-refractivity contribution is 6.37. The van der Waals surface area contributed by atoms with Crippen LogP contribution in [0.3, 0.4) is 0 Å². The number of aromatic nitrogens is 3. The molecule has 0 spiro atoms. The van der Waals surface area contributed by atoms with Gasteiger partial charge >= 0.3 is 0 Å². The van der Waals surface area contributed by atoms with Crippen molar-refractivity contribution >= 4 is 45.1 Å². The first kappa shape index (κ1) is 20.7. The summed E-state index contributed by atoms with van der Waals surface area (Å²) in [6.45, 7) is 1.75. The molecule has 1 saturated carbocycles. The summed E-state index contributed by atoms with van der Waals surface area (Å²) in [5.41, 5.74) is 1.15. The van der Waals surface area contributed by atoms with Crippen molar-refractivity contribution in [3.63, 3.8) is 0 Å². The highest BCUT2D eigenvalue weighted by Gasteiger charge is 2.29. The zero-order valence-corrected chi connectivity index (χ0v) is 18.4. The monoisotopic (exact) mass is 450 g/mol. The molecule has 0 radical (unpaired) electrons. The number of benzene rings is 1. The van der Waals surface area contributed by atoms with E-state index in [1.54, 1.807) is 25.3 Å². The van der Waals surface area contributed by atoms with E-state index in [1.165, 1.54) is 0 Å². The molecule has 1 aliphatic rings. The molecule has 1 fully saturated rings. The lowest BCUT2D eigenvalue weighted by molar-refractivity contribution is -0.117. The predicted octanol–water partition coefficient (Wildman–Crippen LogP) is 5.26. The summed E-state index contributed by atoms with van der Waals surface area (Å²) in [6.07, 6.45) is 5.56. The van der Waals surface area contributed by atoms with E-state index in [0.29, 0.717) is 33.9 Å². The number of pyridine rings is 2. The Kier molecular flexibility index (Phi) is 5.43. The van der Waals surface area contributed by atoms with E-state index >= 15 is 0 Å². The molecule has 4 aromatic rings. The van der Waals surface area contributed by atoms with Crippen molar-refractivity contribution in [2.75, 3.05) is 5.32 Å². The van der Waals surface area contributed by atoms with Gasteiger partial charge in [-0.05, 0) is 56.4 Å². The van der Waals surface area contributed by atoms with Gasteiger partial charge in [-0.15, -0.1) is 0 Å². The van der Waals surface area contributed by atoms with Crippen LogP contribution < -0.4 is 10.9 Å². The van der Waals surface area contributed by atoms with Crippen molar-refractivity contribution < 1.29 is 9.32 Å². The molecule has 164 valence electrons. The average Bonchev–Trinajstić information content (AvgIpc) is 3.16. The topological polar surface area (TPSA) is 90.0 Å². The maximum atomic E-state index is 13.5. The van der Waals surface area contributed by atoms with Gasteiger partial charge in [0, 0.05) is 24.0 Å². The first-order chi connectivity index (χ1) is 15.5. The molecule has 2 atom stereocenters. The van der Waals surface area contributed by atoms with Gasteiger partial charge in [0.2, 0.25) is 5.91 Å². The van der Waals surface area contributed by atoms with Crippen LogP contribution in [-0.2, 0) is 4.79 Å². The van der Waals surface area contributed by atoms with Gasteiger partial charge in [0.15, 0.2) is 0 Å². The summed E-state index contributed by atoms with van der Waals surface area (Å²) in [4.78, 5) is 30.3. The molecule has 1 aromatic carbocycles. The van der Waals surface area contributed by atoms with Gasteiger partial charge in [0.1, 0.15) is 22.5 Å². The van der Waals surface area contributed by atoms with E-state index in [9.17, 15) is 9.59 Å². The minimum absolute atomic E-state index is 0.0245. The van der Waals surface area contributed by atoms with Gasteiger partial charge in [-0.2, -0.15) is 0 Å². The van der Waals surface area contributed by atoms with Crippen LogP contribution in [0.2, 0.25) is 5.02 Å². The third kappa shape index (κ3) is 3.66. The summed E-state index contributed by atoms with van der Waals surface area (Å²) in [6, 6.07) is 10.9. The number of hydrogen-bond donors (Lipinski definition) is 1.